The number of nitrogens with one attached hydrogen (secondary N) is 1. The first kappa shape index (κ1) is 23.9. The van der Waals surface area contributed by atoms with Crippen molar-refractivity contribution >= 4 is 34.0 Å². The van der Waals surface area contributed by atoms with Gasteiger partial charge in [-0.25, -0.2) is 9.97 Å². The molecule has 0 radical (unpaired) electrons. The van der Waals surface area contributed by atoms with Gasteiger partial charge in [0.15, 0.2) is 0 Å². The lowest BCUT2D eigenvalue weighted by Gasteiger charge is -2.12. The van der Waals surface area contributed by atoms with Gasteiger partial charge in [0.1, 0.15) is 18.2 Å². The summed E-state index contributed by atoms with van der Waals surface area (Å²) in [5.41, 5.74) is 19.3. The molecule has 0 aliphatic heterocycles. The molecule has 0 aliphatic carbocycles. The number of benzene rings is 4. The Morgan fingerprint density at radius 3 is 2.21 bits per heavy atom. The van der Waals surface area contributed by atoms with Crippen molar-refractivity contribution in [1.82, 2.24) is 15.0 Å². The second-order valence-electron chi connectivity index (χ2n) is 9.12. The minimum Gasteiger partial charge on any atom is -0.489 e. The van der Waals surface area contributed by atoms with Crippen molar-refractivity contribution in [2.45, 2.75) is 6.61 Å². The molecule has 190 valence electrons. The van der Waals surface area contributed by atoms with E-state index in [1.54, 1.807) is 0 Å². The molecule has 6 rings (SSSR count). The third kappa shape index (κ3) is 5.47. The fourth-order valence-corrected chi connectivity index (χ4v) is 4.40. The molecule has 0 fully saturated rings. The van der Waals surface area contributed by atoms with Crippen molar-refractivity contribution in [3.8, 4) is 28.3 Å². The largest absolute Gasteiger partial charge is 0.489 e. The molecule has 0 aliphatic rings. The number of hydrogen-bond donors (Lipinski definition) is 3. The summed E-state index contributed by atoms with van der Waals surface area (Å²) in [6.07, 6.45) is 0. The highest BCUT2D eigenvalue weighted by Gasteiger charge is 2.10. The summed E-state index contributed by atoms with van der Waals surface area (Å²) in [6.45, 7) is 0.482. The smallest absolute Gasteiger partial charge is 0.222 e. The molecule has 0 amide bonds. The normalized spacial score (nSPS) is 10.9. The van der Waals surface area contributed by atoms with E-state index >= 15 is 0 Å². The molecule has 0 spiro atoms. The zero-order valence-electron chi connectivity index (χ0n) is 21.1. The van der Waals surface area contributed by atoms with Crippen molar-refractivity contribution in [3.05, 3.63) is 121 Å². The van der Waals surface area contributed by atoms with Gasteiger partial charge in [-0.05, 0) is 42.0 Å². The van der Waals surface area contributed by atoms with Crippen LogP contribution in [0.5, 0.6) is 5.75 Å². The number of anilines is 4. The van der Waals surface area contributed by atoms with E-state index in [0.29, 0.717) is 23.8 Å². The van der Waals surface area contributed by atoms with Crippen molar-refractivity contribution in [3.63, 3.8) is 0 Å². The highest BCUT2D eigenvalue weighted by atomic mass is 16.5. The summed E-state index contributed by atoms with van der Waals surface area (Å²) in [5, 5.41) is 4.19. The maximum atomic E-state index is 6.43. The fourth-order valence-electron chi connectivity index (χ4n) is 4.40. The van der Waals surface area contributed by atoms with Gasteiger partial charge in [-0.2, -0.15) is 4.98 Å². The van der Waals surface area contributed by atoms with Gasteiger partial charge in [0.05, 0.1) is 16.9 Å². The average molecular weight is 511 g/mol. The van der Waals surface area contributed by atoms with Gasteiger partial charge < -0.3 is 21.5 Å². The van der Waals surface area contributed by atoms with Gasteiger partial charge in [0.25, 0.3) is 0 Å². The molecule has 7 nitrogen and oxygen atoms in total. The Labute approximate surface area is 226 Å². The molecule has 39 heavy (non-hydrogen) atoms. The molecule has 4 aromatic carbocycles. The minimum absolute atomic E-state index is 0.167. The Morgan fingerprint density at radius 1 is 0.641 bits per heavy atom. The van der Waals surface area contributed by atoms with E-state index < -0.39 is 0 Å². The van der Waals surface area contributed by atoms with Gasteiger partial charge in [0, 0.05) is 34.0 Å². The Kier molecular flexibility index (Phi) is 6.45. The first-order valence-electron chi connectivity index (χ1n) is 12.6. The van der Waals surface area contributed by atoms with Crippen molar-refractivity contribution in [2.24, 2.45) is 0 Å². The van der Waals surface area contributed by atoms with Crippen LogP contribution < -0.4 is 21.5 Å². The summed E-state index contributed by atoms with van der Waals surface area (Å²) in [6, 6.07) is 37.4. The number of nitrogens with zero attached hydrogens (tertiary/aromatic N) is 3. The Hall–Kier alpha value is -5.43. The van der Waals surface area contributed by atoms with Crippen LogP contribution in [0.1, 0.15) is 5.56 Å². The van der Waals surface area contributed by atoms with E-state index in [4.69, 9.17) is 21.2 Å². The molecule has 5 N–H and O–H groups in total. The summed E-state index contributed by atoms with van der Waals surface area (Å²) >= 11 is 0. The number of hydrogen-bond acceptors (Lipinski definition) is 7. The topological polar surface area (TPSA) is 112 Å². The third-order valence-electron chi connectivity index (χ3n) is 6.30. The summed E-state index contributed by atoms with van der Waals surface area (Å²) in [5.74, 6) is 1.48. The first-order chi connectivity index (χ1) is 19.1. The zero-order valence-corrected chi connectivity index (χ0v) is 21.1. The lowest BCUT2D eigenvalue weighted by atomic mass is 10.1. The predicted molar refractivity (Wildman–Crippen MR) is 158 cm³/mol. The number of nitrogen functional groups attached to an aromatic ring is 2. The van der Waals surface area contributed by atoms with Crippen LogP contribution in [0.3, 0.4) is 0 Å². The lowest BCUT2D eigenvalue weighted by Crippen LogP contribution is -2.02. The number of rotatable bonds is 7. The van der Waals surface area contributed by atoms with Crippen molar-refractivity contribution in [1.29, 1.82) is 0 Å². The van der Waals surface area contributed by atoms with E-state index in [1.807, 2.05) is 115 Å². The van der Waals surface area contributed by atoms with Gasteiger partial charge in [-0.1, -0.05) is 72.8 Å². The van der Waals surface area contributed by atoms with Crippen LogP contribution >= 0.6 is 0 Å². The number of nitrogens with two attached hydrogens (primary N) is 2. The Balaban J connectivity index is 1.24. The third-order valence-corrected chi connectivity index (χ3v) is 6.30. The van der Waals surface area contributed by atoms with Crippen LogP contribution in [0.4, 0.5) is 23.1 Å². The highest BCUT2D eigenvalue weighted by molar-refractivity contribution is 5.95. The number of fused-ring (bicyclic) bond motifs is 1. The predicted octanol–water partition coefficient (Wildman–Crippen LogP) is 6.85. The number of ether oxygens (including phenoxy) is 1. The average Bonchev–Trinajstić information content (AvgIpc) is 2.97. The van der Waals surface area contributed by atoms with Crippen LogP contribution in [0.2, 0.25) is 0 Å². The SMILES string of the molecule is Nc1nc(Nc2ccc3nc(-c4ccccc4)cc(N)c3c2)cc(-c2cccc(OCc3ccccc3)c2)n1. The molecule has 0 unspecified atom stereocenters. The summed E-state index contributed by atoms with van der Waals surface area (Å²) in [4.78, 5) is 13.6. The molecule has 0 bridgehead atoms. The zero-order chi connectivity index (χ0) is 26.6. The Bertz CT molecular complexity index is 1760. The maximum Gasteiger partial charge on any atom is 0.222 e. The quantitative estimate of drug-likeness (QED) is 0.215. The van der Waals surface area contributed by atoms with Crippen LogP contribution in [-0.4, -0.2) is 15.0 Å². The van der Waals surface area contributed by atoms with E-state index in [-0.39, 0.29) is 5.95 Å². The van der Waals surface area contributed by atoms with Crippen LogP contribution in [-0.2, 0) is 6.61 Å². The van der Waals surface area contributed by atoms with E-state index in [9.17, 15) is 0 Å². The van der Waals surface area contributed by atoms with E-state index in [0.717, 1.165) is 44.7 Å². The van der Waals surface area contributed by atoms with Crippen LogP contribution in [0, 0.1) is 0 Å². The number of pyridine rings is 1. The molecule has 6 aromatic rings. The molecular formula is C32H26N6O. The standard InChI is InChI=1S/C32H26N6O/c33-27-18-29(22-10-5-2-6-11-22)36-28-15-14-24(17-26(27)28)35-31-19-30(37-32(34)38-31)23-12-7-13-25(16-23)39-20-21-8-3-1-4-9-21/h1-19H,20H2,(H2,33,36)(H3,34,35,37,38). The highest BCUT2D eigenvalue weighted by Crippen LogP contribution is 2.30. The number of aromatic nitrogens is 3. The van der Waals surface area contributed by atoms with Gasteiger partial charge in [-0.3, -0.25) is 0 Å². The van der Waals surface area contributed by atoms with Gasteiger partial charge in [0.2, 0.25) is 5.95 Å². The van der Waals surface area contributed by atoms with E-state index in [2.05, 4.69) is 15.3 Å². The molecule has 2 heterocycles. The van der Waals surface area contributed by atoms with Crippen molar-refractivity contribution < 1.29 is 4.74 Å². The lowest BCUT2D eigenvalue weighted by molar-refractivity contribution is 0.306. The summed E-state index contributed by atoms with van der Waals surface area (Å²) in [7, 11) is 0. The first-order valence-corrected chi connectivity index (χ1v) is 12.6. The van der Waals surface area contributed by atoms with E-state index in [1.165, 1.54) is 0 Å². The maximum absolute atomic E-state index is 6.43. The van der Waals surface area contributed by atoms with Crippen LogP contribution in [0.25, 0.3) is 33.4 Å². The van der Waals surface area contributed by atoms with Crippen LogP contribution in [0.15, 0.2) is 115 Å². The molecule has 0 atom stereocenters. The second kappa shape index (κ2) is 10.5. The van der Waals surface area contributed by atoms with Gasteiger partial charge in [-0.15, -0.1) is 0 Å². The minimum atomic E-state index is 0.167. The molecule has 7 heteroatoms. The van der Waals surface area contributed by atoms with Gasteiger partial charge >= 0.3 is 0 Å². The second-order valence-corrected chi connectivity index (χ2v) is 9.12. The van der Waals surface area contributed by atoms with Crippen molar-refractivity contribution in [2.75, 3.05) is 16.8 Å². The summed E-state index contributed by atoms with van der Waals surface area (Å²) < 4.78 is 5.99. The molecule has 2 aromatic heterocycles. The molecular weight excluding hydrogens is 484 g/mol. The molecule has 0 saturated carbocycles. The Morgan fingerprint density at radius 2 is 1.38 bits per heavy atom. The monoisotopic (exact) mass is 510 g/mol. The fraction of sp³-hybridized carbons (Fsp3) is 0.0312. The molecule has 0 saturated heterocycles.